The molecule has 4 aromatic rings. The van der Waals surface area contributed by atoms with E-state index in [1.807, 2.05) is 78.2 Å². The number of furan rings is 1. The van der Waals surface area contributed by atoms with E-state index in [1.165, 1.54) is 0 Å². The third-order valence-corrected chi connectivity index (χ3v) is 5.78. The Morgan fingerprint density at radius 3 is 2.58 bits per heavy atom. The maximum atomic E-state index is 12.4. The van der Waals surface area contributed by atoms with Gasteiger partial charge < -0.3 is 9.73 Å². The van der Waals surface area contributed by atoms with Crippen LogP contribution < -0.4 is 5.32 Å². The SMILES string of the molecule is C=CCn1c(SCc2ccc(C(=O)Nc3ccccc3)cc2)nnc1-c1ccoc1C. The molecule has 2 aromatic heterocycles. The van der Waals surface area contributed by atoms with Gasteiger partial charge in [0.2, 0.25) is 0 Å². The van der Waals surface area contributed by atoms with E-state index in [9.17, 15) is 4.79 Å². The summed E-state index contributed by atoms with van der Waals surface area (Å²) in [5, 5.41) is 12.4. The van der Waals surface area contributed by atoms with Gasteiger partial charge in [0.25, 0.3) is 5.91 Å². The number of benzene rings is 2. The average molecular weight is 431 g/mol. The Kier molecular flexibility index (Phi) is 6.33. The number of aromatic nitrogens is 3. The van der Waals surface area contributed by atoms with Gasteiger partial charge in [-0.25, -0.2) is 0 Å². The van der Waals surface area contributed by atoms with Crippen molar-refractivity contribution >= 4 is 23.4 Å². The number of hydrogen-bond donors (Lipinski definition) is 1. The molecule has 1 amide bonds. The number of carbonyl (C=O) groups excluding carboxylic acids is 1. The number of allylic oxidation sites excluding steroid dienone is 1. The molecule has 0 aliphatic heterocycles. The second-order valence-electron chi connectivity index (χ2n) is 6.90. The Hall–Kier alpha value is -3.58. The van der Waals surface area contributed by atoms with Gasteiger partial charge in [-0.15, -0.1) is 16.8 Å². The summed E-state index contributed by atoms with van der Waals surface area (Å²) >= 11 is 1.59. The molecule has 6 nitrogen and oxygen atoms in total. The van der Waals surface area contributed by atoms with Crippen LogP contribution in [0.15, 0.2) is 89.2 Å². The van der Waals surface area contributed by atoms with Crippen molar-refractivity contribution < 1.29 is 9.21 Å². The van der Waals surface area contributed by atoms with E-state index in [0.29, 0.717) is 17.9 Å². The van der Waals surface area contributed by atoms with Crippen LogP contribution in [0.5, 0.6) is 0 Å². The number of thioether (sulfide) groups is 1. The van der Waals surface area contributed by atoms with Crippen molar-refractivity contribution in [3.63, 3.8) is 0 Å². The fraction of sp³-hybridized carbons (Fsp3) is 0.125. The van der Waals surface area contributed by atoms with Crippen molar-refractivity contribution in [2.24, 2.45) is 0 Å². The van der Waals surface area contributed by atoms with Crippen LogP contribution in [0.1, 0.15) is 21.7 Å². The minimum Gasteiger partial charge on any atom is -0.469 e. The van der Waals surface area contributed by atoms with Gasteiger partial charge in [-0.3, -0.25) is 9.36 Å². The smallest absolute Gasteiger partial charge is 0.255 e. The van der Waals surface area contributed by atoms with Crippen LogP contribution >= 0.6 is 11.8 Å². The van der Waals surface area contributed by atoms with Gasteiger partial charge in [0.05, 0.1) is 11.8 Å². The van der Waals surface area contributed by atoms with E-state index in [2.05, 4.69) is 22.1 Å². The highest BCUT2D eigenvalue weighted by molar-refractivity contribution is 7.98. The van der Waals surface area contributed by atoms with Crippen molar-refractivity contribution in [1.82, 2.24) is 14.8 Å². The lowest BCUT2D eigenvalue weighted by atomic mass is 10.1. The molecule has 0 spiro atoms. The number of aryl methyl sites for hydroxylation is 1. The van der Waals surface area contributed by atoms with E-state index < -0.39 is 0 Å². The Labute approximate surface area is 185 Å². The van der Waals surface area contributed by atoms with Gasteiger partial charge in [-0.2, -0.15) is 0 Å². The highest BCUT2D eigenvalue weighted by Gasteiger charge is 2.17. The quantitative estimate of drug-likeness (QED) is 0.292. The summed E-state index contributed by atoms with van der Waals surface area (Å²) in [5.74, 6) is 2.15. The second-order valence-corrected chi connectivity index (χ2v) is 7.84. The molecular weight excluding hydrogens is 408 g/mol. The van der Waals surface area contributed by atoms with Crippen LogP contribution in [-0.4, -0.2) is 20.7 Å². The number of rotatable bonds is 8. The predicted octanol–water partition coefficient (Wildman–Crippen LogP) is 5.58. The largest absolute Gasteiger partial charge is 0.469 e. The summed E-state index contributed by atoms with van der Waals surface area (Å²) in [5.41, 5.74) is 3.41. The minimum absolute atomic E-state index is 0.128. The minimum atomic E-state index is -0.128. The molecule has 0 radical (unpaired) electrons. The zero-order valence-electron chi connectivity index (χ0n) is 17.1. The first-order chi connectivity index (χ1) is 15.2. The number of anilines is 1. The molecule has 0 saturated carbocycles. The molecule has 31 heavy (non-hydrogen) atoms. The number of nitrogens with one attached hydrogen (secondary N) is 1. The molecule has 156 valence electrons. The van der Waals surface area contributed by atoms with Gasteiger partial charge in [-0.1, -0.05) is 48.2 Å². The maximum Gasteiger partial charge on any atom is 0.255 e. The topological polar surface area (TPSA) is 73.0 Å². The van der Waals surface area contributed by atoms with Crippen LogP contribution in [0.2, 0.25) is 0 Å². The lowest BCUT2D eigenvalue weighted by Crippen LogP contribution is -2.11. The van der Waals surface area contributed by atoms with Crippen LogP contribution in [-0.2, 0) is 12.3 Å². The molecule has 1 N–H and O–H groups in total. The average Bonchev–Trinajstić information content (AvgIpc) is 3.39. The number of amides is 1. The first kappa shape index (κ1) is 20.7. The molecular formula is C24H22N4O2S. The van der Waals surface area contributed by atoms with E-state index >= 15 is 0 Å². The summed E-state index contributed by atoms with van der Waals surface area (Å²) < 4.78 is 7.44. The molecule has 0 aliphatic rings. The predicted molar refractivity (Wildman–Crippen MR) is 123 cm³/mol. The summed E-state index contributed by atoms with van der Waals surface area (Å²) in [6.07, 6.45) is 3.48. The van der Waals surface area contributed by atoms with Crippen molar-refractivity contribution in [3.05, 3.63) is 96.5 Å². The molecule has 0 unspecified atom stereocenters. The Bertz CT molecular complexity index is 1180. The van der Waals surface area contributed by atoms with Crippen LogP contribution in [0, 0.1) is 6.92 Å². The van der Waals surface area contributed by atoms with Crippen LogP contribution in [0.3, 0.4) is 0 Å². The molecule has 7 heteroatoms. The molecule has 2 heterocycles. The Morgan fingerprint density at radius 2 is 1.90 bits per heavy atom. The summed E-state index contributed by atoms with van der Waals surface area (Å²) in [6.45, 7) is 6.36. The first-order valence-corrected chi connectivity index (χ1v) is 10.8. The highest BCUT2D eigenvalue weighted by atomic mass is 32.2. The maximum absolute atomic E-state index is 12.4. The lowest BCUT2D eigenvalue weighted by molar-refractivity contribution is 0.102. The fourth-order valence-corrected chi connectivity index (χ4v) is 4.03. The van der Waals surface area contributed by atoms with E-state index in [0.717, 1.165) is 33.6 Å². The first-order valence-electron chi connectivity index (χ1n) is 9.82. The van der Waals surface area contributed by atoms with E-state index in [-0.39, 0.29) is 5.91 Å². The normalized spacial score (nSPS) is 10.7. The zero-order valence-corrected chi connectivity index (χ0v) is 17.9. The summed E-state index contributed by atoms with van der Waals surface area (Å²) in [7, 11) is 0. The van der Waals surface area contributed by atoms with Crippen LogP contribution in [0.25, 0.3) is 11.4 Å². The monoisotopic (exact) mass is 430 g/mol. The van der Waals surface area contributed by atoms with Crippen LogP contribution in [0.4, 0.5) is 5.69 Å². The Morgan fingerprint density at radius 1 is 1.13 bits per heavy atom. The molecule has 0 atom stereocenters. The van der Waals surface area contributed by atoms with Crippen molar-refractivity contribution in [1.29, 1.82) is 0 Å². The number of carbonyl (C=O) groups is 1. The van der Waals surface area contributed by atoms with Gasteiger partial charge in [-0.05, 0) is 42.8 Å². The number of hydrogen-bond acceptors (Lipinski definition) is 5. The molecule has 0 aliphatic carbocycles. The van der Waals surface area contributed by atoms with Gasteiger partial charge in [0.1, 0.15) is 5.76 Å². The fourth-order valence-electron chi connectivity index (χ4n) is 3.13. The molecule has 0 fully saturated rings. The third-order valence-electron chi connectivity index (χ3n) is 4.74. The van der Waals surface area contributed by atoms with Crippen molar-refractivity contribution in [2.45, 2.75) is 24.4 Å². The summed E-state index contributed by atoms with van der Waals surface area (Å²) in [4.78, 5) is 12.4. The molecule has 0 saturated heterocycles. The van der Waals surface area contributed by atoms with E-state index in [4.69, 9.17) is 4.42 Å². The molecule has 2 aromatic carbocycles. The van der Waals surface area contributed by atoms with Gasteiger partial charge in [0.15, 0.2) is 11.0 Å². The summed E-state index contributed by atoms with van der Waals surface area (Å²) in [6, 6.07) is 18.9. The lowest BCUT2D eigenvalue weighted by Gasteiger charge is -2.08. The highest BCUT2D eigenvalue weighted by Crippen LogP contribution is 2.28. The van der Waals surface area contributed by atoms with Crippen molar-refractivity contribution in [3.8, 4) is 11.4 Å². The van der Waals surface area contributed by atoms with Crippen molar-refractivity contribution in [2.75, 3.05) is 5.32 Å². The van der Waals surface area contributed by atoms with Gasteiger partial charge >= 0.3 is 0 Å². The number of nitrogens with zero attached hydrogens (tertiary/aromatic N) is 3. The second kappa shape index (κ2) is 9.49. The standard InChI is InChI=1S/C24H22N4O2S/c1-3-14-28-22(21-13-15-30-17(21)2)26-27-24(28)31-16-18-9-11-19(12-10-18)23(29)25-20-7-5-4-6-8-20/h3-13,15H,1,14,16H2,2H3,(H,25,29). The third kappa shape index (κ3) is 4.78. The number of para-hydroxylation sites is 1. The molecule has 0 bridgehead atoms. The molecule has 4 rings (SSSR count). The Balaban J connectivity index is 1.44. The van der Waals surface area contributed by atoms with Gasteiger partial charge in [0, 0.05) is 23.5 Å². The van der Waals surface area contributed by atoms with E-state index in [1.54, 1.807) is 18.0 Å². The zero-order chi connectivity index (χ0) is 21.6.